The van der Waals surface area contributed by atoms with Gasteiger partial charge in [-0.2, -0.15) is 0 Å². The fraction of sp³-hybridized carbons (Fsp3) is 0.167. The Kier molecular flexibility index (Phi) is 3.81. The molecule has 24 heavy (non-hydrogen) atoms. The lowest BCUT2D eigenvalue weighted by molar-refractivity contribution is -0.671. The van der Waals surface area contributed by atoms with Gasteiger partial charge in [0.1, 0.15) is 0 Å². The van der Waals surface area contributed by atoms with Crippen LogP contribution in [0.15, 0.2) is 48.5 Å². The topological polar surface area (TPSA) is 92.0 Å². The van der Waals surface area contributed by atoms with Crippen LogP contribution in [0.4, 0.5) is 0 Å². The van der Waals surface area contributed by atoms with Crippen molar-refractivity contribution >= 4 is 22.6 Å². The Morgan fingerprint density at radius 2 is 1.75 bits per heavy atom. The molecule has 1 amide bonds. The van der Waals surface area contributed by atoms with Gasteiger partial charge in [0, 0.05) is 11.6 Å². The fourth-order valence-electron chi connectivity index (χ4n) is 2.71. The van der Waals surface area contributed by atoms with E-state index in [4.69, 9.17) is 5.73 Å². The molecule has 0 spiro atoms. The SMILES string of the molecule is Cc1ccc(C(=O)c2c3ccccc3[n+]([O-])n2[C@@H](C)C(N)=O)cc1. The highest BCUT2D eigenvalue weighted by Crippen LogP contribution is 2.23. The third kappa shape index (κ3) is 2.42. The zero-order valence-electron chi connectivity index (χ0n) is 13.4. The van der Waals surface area contributed by atoms with Gasteiger partial charge in [0.05, 0.1) is 5.39 Å². The first-order chi connectivity index (χ1) is 11.4. The molecule has 0 fully saturated rings. The van der Waals surface area contributed by atoms with Crippen molar-refractivity contribution < 1.29 is 14.4 Å². The van der Waals surface area contributed by atoms with Gasteiger partial charge < -0.3 is 10.9 Å². The van der Waals surface area contributed by atoms with E-state index in [0.29, 0.717) is 21.3 Å². The van der Waals surface area contributed by atoms with Gasteiger partial charge in [-0.05, 0) is 19.9 Å². The van der Waals surface area contributed by atoms with Crippen molar-refractivity contribution in [2.75, 3.05) is 0 Å². The number of fused-ring (bicyclic) bond motifs is 1. The van der Waals surface area contributed by atoms with E-state index in [1.165, 1.54) is 6.92 Å². The third-order valence-electron chi connectivity index (χ3n) is 4.10. The molecule has 2 aromatic carbocycles. The second-order valence-corrected chi connectivity index (χ2v) is 5.76. The quantitative estimate of drug-likeness (QED) is 0.451. The van der Waals surface area contributed by atoms with Crippen LogP contribution in [0.2, 0.25) is 0 Å². The number of ketones is 1. The molecular formula is C18H17N3O3. The van der Waals surface area contributed by atoms with Gasteiger partial charge in [0.15, 0.2) is 11.7 Å². The van der Waals surface area contributed by atoms with Crippen molar-refractivity contribution in [3.05, 3.63) is 70.6 Å². The molecule has 3 aromatic rings. The Balaban J connectivity index is 2.29. The van der Waals surface area contributed by atoms with Crippen LogP contribution in [0.5, 0.6) is 0 Å². The van der Waals surface area contributed by atoms with E-state index >= 15 is 0 Å². The van der Waals surface area contributed by atoms with Crippen LogP contribution >= 0.6 is 0 Å². The Morgan fingerprint density at radius 1 is 1.12 bits per heavy atom. The van der Waals surface area contributed by atoms with Gasteiger partial charge in [-0.3, -0.25) is 9.59 Å². The molecule has 1 aromatic heterocycles. The number of benzene rings is 2. The van der Waals surface area contributed by atoms with Crippen LogP contribution in [0.3, 0.4) is 0 Å². The molecule has 2 N–H and O–H groups in total. The van der Waals surface area contributed by atoms with Gasteiger partial charge in [-0.25, -0.2) is 0 Å². The Labute approximate surface area is 138 Å². The lowest BCUT2D eigenvalue weighted by Crippen LogP contribution is -2.44. The average molecular weight is 323 g/mol. The van der Waals surface area contributed by atoms with Crippen LogP contribution in [-0.4, -0.2) is 16.4 Å². The van der Waals surface area contributed by atoms with Crippen LogP contribution in [0.25, 0.3) is 10.9 Å². The van der Waals surface area contributed by atoms with Gasteiger partial charge in [-0.1, -0.05) is 46.8 Å². The molecule has 0 aliphatic heterocycles. The number of carbonyl (C=O) groups is 2. The number of nitrogens with two attached hydrogens (primary N) is 1. The summed E-state index contributed by atoms with van der Waals surface area (Å²) in [5.74, 6) is -1.01. The normalized spacial score (nSPS) is 12.2. The van der Waals surface area contributed by atoms with Crippen LogP contribution in [0.1, 0.15) is 34.6 Å². The molecule has 3 rings (SSSR count). The van der Waals surface area contributed by atoms with E-state index < -0.39 is 11.9 Å². The minimum absolute atomic E-state index is 0.163. The van der Waals surface area contributed by atoms with E-state index in [0.717, 1.165) is 10.2 Å². The smallest absolute Gasteiger partial charge is 0.252 e. The monoisotopic (exact) mass is 323 g/mol. The molecule has 0 unspecified atom stereocenters. The minimum atomic E-state index is -0.945. The molecule has 0 bridgehead atoms. The number of hydrogen-bond acceptors (Lipinski definition) is 3. The highest BCUT2D eigenvalue weighted by Gasteiger charge is 2.31. The van der Waals surface area contributed by atoms with Gasteiger partial charge in [0.2, 0.25) is 11.7 Å². The summed E-state index contributed by atoms with van der Waals surface area (Å²) in [6, 6.07) is 12.9. The van der Waals surface area contributed by atoms with Crippen molar-refractivity contribution in [2.45, 2.75) is 19.9 Å². The molecule has 122 valence electrons. The maximum Gasteiger partial charge on any atom is 0.252 e. The summed E-state index contributed by atoms with van der Waals surface area (Å²) in [7, 11) is 0. The fourth-order valence-corrected chi connectivity index (χ4v) is 2.71. The van der Waals surface area contributed by atoms with E-state index in [2.05, 4.69) is 0 Å². The number of primary amides is 1. The number of aromatic nitrogens is 2. The number of amides is 1. The molecule has 1 heterocycles. The lowest BCUT2D eigenvalue weighted by Gasteiger charge is -2.12. The number of rotatable bonds is 4. The first-order valence-electron chi connectivity index (χ1n) is 7.55. The summed E-state index contributed by atoms with van der Waals surface area (Å²) < 4.78 is 1.12. The van der Waals surface area contributed by atoms with E-state index in [-0.39, 0.29) is 11.5 Å². The highest BCUT2D eigenvalue weighted by molar-refractivity contribution is 6.14. The first-order valence-corrected chi connectivity index (χ1v) is 7.55. The second kappa shape index (κ2) is 5.81. The van der Waals surface area contributed by atoms with Gasteiger partial charge in [0.25, 0.3) is 5.52 Å². The Bertz CT molecular complexity index is 942. The summed E-state index contributed by atoms with van der Waals surface area (Å²) in [5.41, 5.74) is 7.32. The summed E-state index contributed by atoms with van der Waals surface area (Å²) >= 11 is 0. The second-order valence-electron chi connectivity index (χ2n) is 5.76. The van der Waals surface area contributed by atoms with Crippen molar-refractivity contribution in [3.63, 3.8) is 0 Å². The molecule has 6 nitrogen and oxygen atoms in total. The maximum absolute atomic E-state index is 13.0. The highest BCUT2D eigenvalue weighted by atomic mass is 16.5. The van der Waals surface area contributed by atoms with Gasteiger partial charge in [-0.15, -0.1) is 4.68 Å². The van der Waals surface area contributed by atoms with Crippen molar-refractivity contribution in [3.8, 4) is 0 Å². The minimum Gasteiger partial charge on any atom is -0.595 e. The zero-order valence-corrected chi connectivity index (χ0v) is 13.4. The molecule has 0 saturated heterocycles. The van der Waals surface area contributed by atoms with E-state index in [9.17, 15) is 14.8 Å². The van der Waals surface area contributed by atoms with Gasteiger partial charge >= 0.3 is 0 Å². The Hall–Kier alpha value is -3.15. The van der Waals surface area contributed by atoms with Crippen LogP contribution < -0.4 is 10.6 Å². The standard InChI is InChI=1S/C18H17N3O3/c1-11-7-9-13(10-8-11)17(22)16-14-5-3-4-6-15(14)21(24)20(16)12(2)18(19)23/h3-10,12H,1-2H3,(H2,19,23)/t12-/m0/s1. The van der Waals surface area contributed by atoms with E-state index in [1.807, 2.05) is 19.1 Å². The van der Waals surface area contributed by atoms with Crippen molar-refractivity contribution in [1.82, 2.24) is 4.68 Å². The van der Waals surface area contributed by atoms with Crippen molar-refractivity contribution in [2.24, 2.45) is 5.73 Å². The largest absolute Gasteiger partial charge is 0.595 e. The molecular weight excluding hydrogens is 306 g/mol. The predicted octanol–water partition coefficient (Wildman–Crippen LogP) is 1.86. The Morgan fingerprint density at radius 3 is 2.38 bits per heavy atom. The summed E-state index contributed by atoms with van der Waals surface area (Å²) in [4.78, 5) is 25.2. The number of nitrogens with zero attached hydrogens (tertiary/aromatic N) is 2. The third-order valence-corrected chi connectivity index (χ3v) is 4.10. The average Bonchev–Trinajstić information content (AvgIpc) is 2.87. The predicted molar refractivity (Wildman–Crippen MR) is 89.4 cm³/mol. The number of hydrogen-bond donors (Lipinski definition) is 1. The van der Waals surface area contributed by atoms with Crippen LogP contribution in [-0.2, 0) is 4.79 Å². The van der Waals surface area contributed by atoms with Crippen LogP contribution in [0, 0.1) is 12.1 Å². The molecule has 0 aliphatic rings. The lowest BCUT2D eigenvalue weighted by atomic mass is 10.0. The molecule has 0 saturated carbocycles. The number of para-hydroxylation sites is 1. The van der Waals surface area contributed by atoms with Crippen molar-refractivity contribution in [1.29, 1.82) is 0 Å². The summed E-state index contributed by atoms with van der Waals surface area (Å²) in [6.07, 6.45) is 0. The zero-order chi connectivity index (χ0) is 17.4. The number of aryl methyl sites for hydroxylation is 1. The number of carbonyl (C=O) groups excluding carboxylic acids is 2. The first kappa shape index (κ1) is 15.7. The summed E-state index contributed by atoms with van der Waals surface area (Å²) in [6.45, 7) is 3.43. The molecule has 1 atom stereocenters. The van der Waals surface area contributed by atoms with E-state index in [1.54, 1.807) is 36.4 Å². The maximum atomic E-state index is 13.0. The molecule has 6 heteroatoms. The summed E-state index contributed by atoms with van der Waals surface area (Å²) in [5, 5.41) is 13.1. The molecule has 0 aliphatic carbocycles. The molecule has 0 radical (unpaired) electrons.